The number of hydroxylamine groups is 2. The molecule has 1 saturated carbocycles. The number of fused-ring (bicyclic) bond motifs is 3. The van der Waals surface area contributed by atoms with E-state index in [1.165, 1.54) is 37.7 Å². The molecule has 0 aromatic carbocycles. The van der Waals surface area contributed by atoms with Crippen molar-refractivity contribution >= 4 is 5.78 Å². The lowest BCUT2D eigenvalue weighted by Gasteiger charge is -2.52. The van der Waals surface area contributed by atoms with Gasteiger partial charge in [0.2, 0.25) is 0 Å². The molecule has 0 bridgehead atoms. The van der Waals surface area contributed by atoms with Crippen LogP contribution in [0.3, 0.4) is 0 Å². The van der Waals surface area contributed by atoms with E-state index in [4.69, 9.17) is 9.57 Å². The molecule has 29 heavy (non-hydrogen) atoms. The molecule has 2 aliphatic heterocycles. The number of rotatable bonds is 8. The average molecular weight is 406 g/mol. The minimum absolute atomic E-state index is 0.0103. The maximum atomic E-state index is 13.0. The Hall–Kier alpha value is -0.710. The van der Waals surface area contributed by atoms with Gasteiger partial charge in [-0.25, -0.2) is 0 Å². The van der Waals surface area contributed by atoms with Crippen molar-refractivity contribution in [2.75, 3.05) is 6.61 Å². The second-order valence-corrected chi connectivity index (χ2v) is 11.4. The first-order valence-corrected chi connectivity index (χ1v) is 11.8. The molecule has 1 saturated heterocycles. The summed E-state index contributed by atoms with van der Waals surface area (Å²) in [5, 5.41) is 2.15. The van der Waals surface area contributed by atoms with Gasteiger partial charge in [-0.2, -0.15) is 5.06 Å². The van der Waals surface area contributed by atoms with E-state index in [2.05, 4.69) is 59.6 Å². The third-order valence-electron chi connectivity index (χ3n) is 7.02. The number of unbranched alkanes of at least 4 members (excludes halogenated alkanes) is 5. The van der Waals surface area contributed by atoms with Crippen molar-refractivity contribution in [2.24, 2.45) is 11.3 Å². The van der Waals surface area contributed by atoms with Crippen molar-refractivity contribution in [3.63, 3.8) is 0 Å². The van der Waals surface area contributed by atoms with E-state index in [0.717, 1.165) is 19.4 Å². The van der Waals surface area contributed by atoms with Crippen LogP contribution >= 0.6 is 0 Å². The molecule has 2 heterocycles. The quantitative estimate of drug-likeness (QED) is 0.375. The monoisotopic (exact) mass is 405 g/mol. The number of hydrogen-bond donors (Lipinski definition) is 0. The highest BCUT2D eigenvalue weighted by atomic mass is 16.7. The van der Waals surface area contributed by atoms with Gasteiger partial charge in [-0.05, 0) is 51.5 Å². The molecule has 0 radical (unpaired) electrons. The zero-order valence-corrected chi connectivity index (χ0v) is 19.8. The van der Waals surface area contributed by atoms with Gasteiger partial charge in [-0.1, -0.05) is 59.0 Å². The molecule has 3 rings (SSSR count). The SMILES string of the molecule is CCCCCCCCON1C(C)(C)C=C2C3C(=O)CC(C)(C)CC3OC2C1(C)C. The lowest BCUT2D eigenvalue weighted by atomic mass is 9.67. The lowest BCUT2D eigenvalue weighted by molar-refractivity contribution is -0.279. The smallest absolute Gasteiger partial charge is 0.143 e. The summed E-state index contributed by atoms with van der Waals surface area (Å²) < 4.78 is 6.58. The van der Waals surface area contributed by atoms with Crippen molar-refractivity contribution in [1.82, 2.24) is 5.06 Å². The maximum Gasteiger partial charge on any atom is 0.143 e. The molecule has 0 aromatic heterocycles. The number of ether oxygens (including phenoxy) is 1. The number of nitrogens with zero attached hydrogens (tertiary/aromatic N) is 1. The number of Topliss-reactive ketones (excluding diaryl/α,β-unsaturated/α-hetero) is 1. The first-order chi connectivity index (χ1) is 13.5. The molecular weight excluding hydrogens is 362 g/mol. The molecule has 4 heteroatoms. The van der Waals surface area contributed by atoms with Crippen LogP contribution in [0.5, 0.6) is 0 Å². The first-order valence-electron chi connectivity index (χ1n) is 11.8. The maximum absolute atomic E-state index is 13.0. The molecule has 0 N–H and O–H groups in total. The first kappa shape index (κ1) is 23.0. The number of carbonyl (C=O) groups is 1. The van der Waals surface area contributed by atoms with Gasteiger partial charge in [0.15, 0.2) is 0 Å². The molecule has 0 aromatic rings. The van der Waals surface area contributed by atoms with Gasteiger partial charge in [0, 0.05) is 6.42 Å². The summed E-state index contributed by atoms with van der Waals surface area (Å²) >= 11 is 0. The molecule has 4 nitrogen and oxygen atoms in total. The van der Waals surface area contributed by atoms with Gasteiger partial charge in [0.25, 0.3) is 0 Å². The van der Waals surface area contributed by atoms with E-state index in [0.29, 0.717) is 12.2 Å². The Bertz CT molecular complexity index is 634. The number of ketones is 1. The highest BCUT2D eigenvalue weighted by Crippen LogP contribution is 2.52. The summed E-state index contributed by atoms with van der Waals surface area (Å²) in [6, 6.07) is 0. The molecule has 0 spiro atoms. The topological polar surface area (TPSA) is 38.8 Å². The van der Waals surface area contributed by atoms with Crippen LogP contribution in [-0.2, 0) is 14.4 Å². The van der Waals surface area contributed by atoms with Gasteiger partial charge in [0.1, 0.15) is 5.78 Å². The average Bonchev–Trinajstić information content (AvgIpc) is 2.93. The van der Waals surface area contributed by atoms with E-state index in [1.807, 2.05) is 0 Å². The molecule has 3 aliphatic rings. The number of hydrogen-bond acceptors (Lipinski definition) is 4. The predicted molar refractivity (Wildman–Crippen MR) is 118 cm³/mol. The van der Waals surface area contributed by atoms with Crippen molar-refractivity contribution in [3.05, 3.63) is 11.6 Å². The Balaban J connectivity index is 1.70. The van der Waals surface area contributed by atoms with E-state index >= 15 is 0 Å². The highest BCUT2D eigenvalue weighted by Gasteiger charge is 2.59. The summed E-state index contributed by atoms with van der Waals surface area (Å²) in [7, 11) is 0. The largest absolute Gasteiger partial charge is 0.367 e. The third kappa shape index (κ3) is 4.65. The minimum Gasteiger partial charge on any atom is -0.367 e. The second-order valence-electron chi connectivity index (χ2n) is 11.4. The Labute approximate surface area is 178 Å². The summed E-state index contributed by atoms with van der Waals surface area (Å²) in [5.41, 5.74) is 0.658. The summed E-state index contributed by atoms with van der Waals surface area (Å²) in [6.07, 6.45) is 11.4. The Kier molecular flexibility index (Phi) is 6.68. The van der Waals surface area contributed by atoms with E-state index < -0.39 is 0 Å². The fourth-order valence-corrected chi connectivity index (χ4v) is 5.89. The highest BCUT2D eigenvalue weighted by molar-refractivity contribution is 5.87. The van der Waals surface area contributed by atoms with Crippen molar-refractivity contribution in [3.8, 4) is 0 Å². The number of carbonyl (C=O) groups excluding carboxylic acids is 1. The third-order valence-corrected chi connectivity index (χ3v) is 7.02. The van der Waals surface area contributed by atoms with Gasteiger partial charge in [0.05, 0.1) is 35.8 Å². The normalized spacial score (nSPS) is 32.6. The van der Waals surface area contributed by atoms with E-state index in [1.54, 1.807) is 0 Å². The molecule has 3 atom stereocenters. The van der Waals surface area contributed by atoms with Crippen molar-refractivity contribution in [1.29, 1.82) is 0 Å². The molecule has 2 fully saturated rings. The molecule has 166 valence electrons. The van der Waals surface area contributed by atoms with Gasteiger partial charge in [-0.15, -0.1) is 0 Å². The second kappa shape index (κ2) is 8.43. The van der Waals surface area contributed by atoms with Crippen LogP contribution < -0.4 is 0 Å². The van der Waals surface area contributed by atoms with Crippen LogP contribution in [-0.4, -0.2) is 40.7 Å². The lowest BCUT2D eigenvalue weighted by Crippen LogP contribution is -2.63. The van der Waals surface area contributed by atoms with Crippen LogP contribution in [0, 0.1) is 11.3 Å². The van der Waals surface area contributed by atoms with Gasteiger partial charge >= 0.3 is 0 Å². The van der Waals surface area contributed by atoms with Crippen LogP contribution in [0.4, 0.5) is 0 Å². The Morgan fingerprint density at radius 2 is 1.72 bits per heavy atom. The molecule has 1 aliphatic carbocycles. The van der Waals surface area contributed by atoms with Crippen LogP contribution in [0.15, 0.2) is 11.6 Å². The predicted octanol–water partition coefficient (Wildman–Crippen LogP) is 5.85. The van der Waals surface area contributed by atoms with Crippen LogP contribution in [0.1, 0.15) is 99.8 Å². The Morgan fingerprint density at radius 3 is 2.41 bits per heavy atom. The zero-order valence-electron chi connectivity index (χ0n) is 19.8. The minimum atomic E-state index is -0.308. The molecular formula is C25H43NO3. The molecule has 3 unspecified atom stereocenters. The zero-order chi connectivity index (χ0) is 21.4. The van der Waals surface area contributed by atoms with Crippen molar-refractivity contribution in [2.45, 2.75) is 123 Å². The molecule has 0 amide bonds. The summed E-state index contributed by atoms with van der Waals surface area (Å²) in [5.74, 6) is 0.292. The van der Waals surface area contributed by atoms with E-state index in [9.17, 15) is 4.79 Å². The van der Waals surface area contributed by atoms with Gasteiger partial charge < -0.3 is 4.74 Å². The van der Waals surface area contributed by atoms with E-state index in [-0.39, 0.29) is 34.6 Å². The summed E-state index contributed by atoms with van der Waals surface area (Å²) in [6.45, 7) is 16.2. The van der Waals surface area contributed by atoms with Crippen molar-refractivity contribution < 1.29 is 14.4 Å². The standard InChI is InChI=1S/C25H43NO3/c1-8-9-10-11-12-13-14-28-26-24(4,5)15-18-21-19(27)16-23(2,3)17-20(21)29-22(18)25(26,6)7/h15,20-22H,8-14,16-17H2,1-7H3. The van der Waals surface area contributed by atoms with Crippen LogP contribution in [0.2, 0.25) is 0 Å². The fourth-order valence-electron chi connectivity index (χ4n) is 5.89. The van der Waals surface area contributed by atoms with Crippen LogP contribution in [0.25, 0.3) is 0 Å². The Morgan fingerprint density at radius 1 is 1.07 bits per heavy atom. The fraction of sp³-hybridized carbons (Fsp3) is 0.880. The summed E-state index contributed by atoms with van der Waals surface area (Å²) in [4.78, 5) is 19.4. The van der Waals surface area contributed by atoms with Gasteiger partial charge in [-0.3, -0.25) is 9.63 Å².